The average Bonchev–Trinajstić information content (AvgIpc) is 3.22. The molecule has 0 saturated carbocycles. The Labute approximate surface area is 219 Å². The molecule has 0 spiro atoms. The van der Waals surface area contributed by atoms with Gasteiger partial charge in [-0.1, -0.05) is 6.07 Å². The Hall–Kier alpha value is -4.63. The maximum Gasteiger partial charge on any atom is 0.258 e. The number of fused-ring (bicyclic) bond motifs is 2. The van der Waals surface area contributed by atoms with Crippen LogP contribution in [0, 0.1) is 5.82 Å². The van der Waals surface area contributed by atoms with Crippen LogP contribution in [-0.2, 0) is 9.59 Å². The van der Waals surface area contributed by atoms with Gasteiger partial charge >= 0.3 is 0 Å². The van der Waals surface area contributed by atoms with Gasteiger partial charge in [-0.2, -0.15) is 0 Å². The number of benzene rings is 3. The zero-order valence-electron chi connectivity index (χ0n) is 21.3. The summed E-state index contributed by atoms with van der Waals surface area (Å²) in [6, 6.07) is 17.3. The molecule has 0 fully saturated rings. The number of hydrogen-bond acceptors (Lipinski definition) is 6. The molecule has 8 nitrogen and oxygen atoms in total. The number of aromatic nitrogens is 2. The molecule has 192 valence electrons. The van der Waals surface area contributed by atoms with Crippen LogP contribution in [0.4, 0.5) is 21.5 Å². The van der Waals surface area contributed by atoms with Crippen LogP contribution in [-0.4, -0.2) is 53.9 Å². The summed E-state index contributed by atoms with van der Waals surface area (Å²) in [4.78, 5) is 37.9. The first kappa shape index (κ1) is 25.0. The van der Waals surface area contributed by atoms with E-state index in [-0.39, 0.29) is 11.8 Å². The lowest BCUT2D eigenvalue weighted by molar-refractivity contribution is -0.116. The normalized spacial score (nSPS) is 13.9. The third-order valence-corrected chi connectivity index (χ3v) is 6.33. The van der Waals surface area contributed by atoms with Gasteiger partial charge in [0.2, 0.25) is 5.91 Å². The third kappa shape index (κ3) is 5.09. The second-order valence-electron chi connectivity index (χ2n) is 9.30. The van der Waals surface area contributed by atoms with Crippen molar-refractivity contribution in [2.75, 3.05) is 42.7 Å². The summed E-state index contributed by atoms with van der Waals surface area (Å²) in [6.45, 7) is 2.85. The maximum atomic E-state index is 13.9. The predicted octanol–water partition coefficient (Wildman–Crippen LogP) is 4.62. The number of amides is 2. The largest absolute Gasteiger partial charge is 0.354 e. The number of likely N-dealkylation sites (N-methyl/N-ethyl adjacent to an activating group) is 1. The number of nitrogens with one attached hydrogen (secondary N) is 2. The van der Waals surface area contributed by atoms with E-state index in [1.807, 2.05) is 61.5 Å². The van der Waals surface area contributed by atoms with E-state index in [2.05, 4.69) is 20.6 Å². The zero-order chi connectivity index (χ0) is 26.8. The molecule has 0 atom stereocenters. The second-order valence-corrected chi connectivity index (χ2v) is 9.30. The van der Waals surface area contributed by atoms with E-state index < -0.39 is 5.82 Å². The Balaban J connectivity index is 1.57. The maximum absolute atomic E-state index is 13.9. The lowest BCUT2D eigenvalue weighted by atomic mass is 9.99. The van der Waals surface area contributed by atoms with E-state index in [1.54, 1.807) is 30.3 Å². The SMILES string of the molecule is CC(=O)N(CCN(C)C)c1ccc(NC(=C2C(=O)Nc3cc(F)ccc32)c2ccc3nccnc3c2)cc1. The highest BCUT2D eigenvalue weighted by Gasteiger charge is 2.29. The van der Waals surface area contributed by atoms with Crippen molar-refractivity contribution in [2.45, 2.75) is 6.92 Å². The predicted molar refractivity (Wildman–Crippen MR) is 148 cm³/mol. The summed E-state index contributed by atoms with van der Waals surface area (Å²) in [5.74, 6) is -0.810. The summed E-state index contributed by atoms with van der Waals surface area (Å²) in [5, 5.41) is 6.17. The van der Waals surface area contributed by atoms with E-state index >= 15 is 0 Å². The molecule has 5 rings (SSSR count). The molecule has 0 bridgehead atoms. The van der Waals surface area contributed by atoms with E-state index in [4.69, 9.17) is 0 Å². The van der Waals surface area contributed by atoms with Crippen molar-refractivity contribution in [3.05, 3.63) is 90.0 Å². The number of halogens is 1. The number of carbonyl (C=O) groups is 2. The van der Waals surface area contributed by atoms with Crippen LogP contribution >= 0.6 is 0 Å². The summed E-state index contributed by atoms with van der Waals surface area (Å²) >= 11 is 0. The zero-order valence-corrected chi connectivity index (χ0v) is 21.3. The van der Waals surface area contributed by atoms with Crippen molar-refractivity contribution < 1.29 is 14.0 Å². The van der Waals surface area contributed by atoms with Gasteiger partial charge in [0.05, 0.1) is 28.0 Å². The molecular formula is C29H27FN6O2. The van der Waals surface area contributed by atoms with Gasteiger partial charge in [-0.3, -0.25) is 19.6 Å². The van der Waals surface area contributed by atoms with E-state index in [0.717, 1.165) is 29.0 Å². The smallest absolute Gasteiger partial charge is 0.258 e. The minimum Gasteiger partial charge on any atom is -0.354 e. The first-order valence-corrected chi connectivity index (χ1v) is 12.2. The van der Waals surface area contributed by atoms with Crippen LogP contribution in [0.15, 0.2) is 73.1 Å². The minimum absolute atomic E-state index is 0.0425. The van der Waals surface area contributed by atoms with Gasteiger partial charge in [-0.15, -0.1) is 0 Å². The van der Waals surface area contributed by atoms with Gasteiger partial charge in [-0.05, 0) is 68.7 Å². The fourth-order valence-electron chi connectivity index (χ4n) is 4.43. The number of hydrogen-bond donors (Lipinski definition) is 2. The van der Waals surface area contributed by atoms with Gasteiger partial charge in [-0.25, -0.2) is 4.39 Å². The molecule has 0 saturated heterocycles. The monoisotopic (exact) mass is 510 g/mol. The molecule has 2 amide bonds. The van der Waals surface area contributed by atoms with Gasteiger partial charge in [0.15, 0.2) is 0 Å². The minimum atomic E-state index is -0.430. The molecule has 4 aromatic rings. The number of nitrogens with zero attached hydrogens (tertiary/aromatic N) is 4. The number of carbonyl (C=O) groups excluding carboxylic acids is 2. The standard InChI is InChI=1S/C29H27FN6O2/c1-18(37)36(15-14-35(2)3)22-8-6-21(7-9-22)33-28(19-4-11-24-26(16-19)32-13-12-31-24)27-23-10-5-20(30)17-25(23)34-29(27)38/h4-13,16-17,33H,14-15H2,1-3H3,(H,34,38). The average molecular weight is 511 g/mol. The molecule has 3 aromatic carbocycles. The highest BCUT2D eigenvalue weighted by Crippen LogP contribution is 2.38. The van der Waals surface area contributed by atoms with Crippen LogP contribution in [0.25, 0.3) is 22.3 Å². The fourth-order valence-corrected chi connectivity index (χ4v) is 4.43. The topological polar surface area (TPSA) is 90.5 Å². The molecule has 1 aliphatic rings. The van der Waals surface area contributed by atoms with Crippen molar-refractivity contribution >= 4 is 51.2 Å². The summed E-state index contributed by atoms with van der Waals surface area (Å²) in [6.07, 6.45) is 3.24. The Kier molecular flexibility index (Phi) is 6.85. The molecule has 2 heterocycles. The van der Waals surface area contributed by atoms with Crippen LogP contribution in [0.2, 0.25) is 0 Å². The first-order valence-electron chi connectivity index (χ1n) is 12.2. The molecule has 1 aromatic heterocycles. The Bertz CT molecular complexity index is 1570. The van der Waals surface area contributed by atoms with Crippen LogP contribution in [0.1, 0.15) is 18.1 Å². The van der Waals surface area contributed by atoms with Crippen molar-refractivity contribution in [2.24, 2.45) is 0 Å². The molecule has 9 heteroatoms. The summed E-state index contributed by atoms with van der Waals surface area (Å²) in [7, 11) is 3.93. The summed E-state index contributed by atoms with van der Waals surface area (Å²) in [5.41, 5.74) is 5.57. The fraction of sp³-hybridized carbons (Fsp3) is 0.172. The summed E-state index contributed by atoms with van der Waals surface area (Å²) < 4.78 is 13.9. The Morgan fingerprint density at radius 3 is 2.39 bits per heavy atom. The molecule has 0 radical (unpaired) electrons. The molecule has 0 aliphatic carbocycles. The van der Waals surface area contributed by atoms with Crippen molar-refractivity contribution in [1.29, 1.82) is 0 Å². The van der Waals surface area contributed by atoms with Crippen LogP contribution in [0.3, 0.4) is 0 Å². The van der Waals surface area contributed by atoms with Crippen LogP contribution in [0.5, 0.6) is 0 Å². The first-order chi connectivity index (χ1) is 18.3. The van der Waals surface area contributed by atoms with Gasteiger partial charge < -0.3 is 20.4 Å². The Morgan fingerprint density at radius 2 is 1.68 bits per heavy atom. The molecular weight excluding hydrogens is 483 g/mol. The quantitative estimate of drug-likeness (QED) is 0.353. The van der Waals surface area contributed by atoms with Crippen LogP contribution < -0.4 is 15.5 Å². The van der Waals surface area contributed by atoms with E-state index in [0.29, 0.717) is 34.6 Å². The molecule has 2 N–H and O–H groups in total. The highest BCUT2D eigenvalue weighted by molar-refractivity contribution is 6.37. The number of anilines is 3. The van der Waals surface area contributed by atoms with Gasteiger partial charge in [0, 0.05) is 54.9 Å². The molecule has 38 heavy (non-hydrogen) atoms. The Morgan fingerprint density at radius 1 is 0.947 bits per heavy atom. The lowest BCUT2D eigenvalue weighted by Crippen LogP contribution is -2.35. The van der Waals surface area contributed by atoms with Gasteiger partial charge in [0.25, 0.3) is 5.91 Å². The lowest BCUT2D eigenvalue weighted by Gasteiger charge is -2.23. The van der Waals surface area contributed by atoms with Gasteiger partial charge in [0.1, 0.15) is 5.82 Å². The highest BCUT2D eigenvalue weighted by atomic mass is 19.1. The van der Waals surface area contributed by atoms with E-state index in [9.17, 15) is 14.0 Å². The van der Waals surface area contributed by atoms with Crippen molar-refractivity contribution in [1.82, 2.24) is 14.9 Å². The van der Waals surface area contributed by atoms with Crippen molar-refractivity contribution in [3.63, 3.8) is 0 Å². The molecule has 1 aliphatic heterocycles. The third-order valence-electron chi connectivity index (χ3n) is 6.33. The number of rotatable bonds is 7. The second kappa shape index (κ2) is 10.4. The van der Waals surface area contributed by atoms with Crippen molar-refractivity contribution in [3.8, 4) is 0 Å². The molecule has 0 unspecified atom stereocenters. The van der Waals surface area contributed by atoms with E-state index in [1.165, 1.54) is 12.1 Å².